The molecule has 1 N–H and O–H groups in total. The van der Waals surface area contributed by atoms with Crippen LogP contribution in [0.25, 0.3) is 0 Å². The predicted molar refractivity (Wildman–Crippen MR) is 85.4 cm³/mol. The van der Waals surface area contributed by atoms with Crippen molar-refractivity contribution in [2.75, 3.05) is 29.9 Å². The van der Waals surface area contributed by atoms with E-state index >= 15 is 0 Å². The second kappa shape index (κ2) is 7.46. The lowest BCUT2D eigenvalue weighted by atomic mass is 9.99. The van der Waals surface area contributed by atoms with Gasteiger partial charge in [-0.3, -0.25) is 0 Å². The Balaban J connectivity index is 1.97. The molecule has 112 valence electrons. The fourth-order valence-electron chi connectivity index (χ4n) is 2.61. The standard InChI is InChI=1S/C16H28N4/c1-4-5-6-9-17-16-18-14(3)12-15(19-16)20-10-7-13(2)8-11-20/h12-13H,4-11H2,1-3H3,(H,17,18,19). The number of aryl methyl sites for hydroxylation is 1. The lowest BCUT2D eigenvalue weighted by Crippen LogP contribution is -2.33. The Morgan fingerprint density at radius 1 is 1.25 bits per heavy atom. The molecule has 1 fully saturated rings. The van der Waals surface area contributed by atoms with Crippen molar-refractivity contribution in [2.45, 2.75) is 52.9 Å². The summed E-state index contributed by atoms with van der Waals surface area (Å²) in [4.78, 5) is 11.6. The van der Waals surface area contributed by atoms with E-state index in [9.17, 15) is 0 Å². The first-order valence-corrected chi connectivity index (χ1v) is 8.03. The molecule has 1 aromatic rings. The maximum Gasteiger partial charge on any atom is 0.224 e. The molecule has 1 aliphatic rings. The zero-order chi connectivity index (χ0) is 14.4. The molecule has 0 atom stereocenters. The number of rotatable bonds is 6. The summed E-state index contributed by atoms with van der Waals surface area (Å²) in [6.45, 7) is 9.81. The first-order chi connectivity index (χ1) is 9.69. The van der Waals surface area contributed by atoms with Crippen LogP contribution < -0.4 is 10.2 Å². The summed E-state index contributed by atoms with van der Waals surface area (Å²) in [7, 11) is 0. The first kappa shape index (κ1) is 15.1. The summed E-state index contributed by atoms with van der Waals surface area (Å²) in [5, 5.41) is 3.36. The monoisotopic (exact) mass is 276 g/mol. The van der Waals surface area contributed by atoms with E-state index in [4.69, 9.17) is 0 Å². The van der Waals surface area contributed by atoms with E-state index in [1.807, 2.05) is 0 Å². The van der Waals surface area contributed by atoms with Crippen molar-refractivity contribution >= 4 is 11.8 Å². The molecule has 0 bridgehead atoms. The quantitative estimate of drug-likeness (QED) is 0.806. The molecule has 1 saturated heterocycles. The van der Waals surface area contributed by atoms with Crippen molar-refractivity contribution in [1.29, 1.82) is 0 Å². The topological polar surface area (TPSA) is 41.1 Å². The van der Waals surface area contributed by atoms with E-state index in [0.29, 0.717) is 0 Å². The number of hydrogen-bond acceptors (Lipinski definition) is 4. The smallest absolute Gasteiger partial charge is 0.224 e. The van der Waals surface area contributed by atoms with Crippen LogP contribution in [0.4, 0.5) is 11.8 Å². The van der Waals surface area contributed by atoms with E-state index in [1.165, 1.54) is 32.1 Å². The Kier molecular flexibility index (Phi) is 5.62. The molecule has 0 unspecified atom stereocenters. The van der Waals surface area contributed by atoms with Gasteiger partial charge in [0.25, 0.3) is 0 Å². The van der Waals surface area contributed by atoms with Crippen LogP contribution >= 0.6 is 0 Å². The minimum atomic E-state index is 0.787. The predicted octanol–water partition coefficient (Wildman–Crippen LogP) is 3.62. The number of piperidine rings is 1. The fourth-order valence-corrected chi connectivity index (χ4v) is 2.61. The van der Waals surface area contributed by atoms with Gasteiger partial charge < -0.3 is 10.2 Å². The van der Waals surface area contributed by atoms with Gasteiger partial charge in [0.1, 0.15) is 5.82 Å². The van der Waals surface area contributed by atoms with Gasteiger partial charge in [-0.2, -0.15) is 4.98 Å². The van der Waals surface area contributed by atoms with Crippen LogP contribution in [0.3, 0.4) is 0 Å². The maximum atomic E-state index is 4.68. The van der Waals surface area contributed by atoms with E-state index in [-0.39, 0.29) is 0 Å². The van der Waals surface area contributed by atoms with Gasteiger partial charge in [-0.25, -0.2) is 4.98 Å². The maximum absolute atomic E-state index is 4.68. The molecule has 2 rings (SSSR count). The highest BCUT2D eigenvalue weighted by Gasteiger charge is 2.17. The third-order valence-electron chi connectivity index (χ3n) is 4.01. The lowest BCUT2D eigenvalue weighted by molar-refractivity contribution is 0.436. The zero-order valence-electron chi connectivity index (χ0n) is 13.2. The number of aromatic nitrogens is 2. The zero-order valence-corrected chi connectivity index (χ0v) is 13.2. The number of anilines is 2. The van der Waals surface area contributed by atoms with Crippen LogP contribution in [0.5, 0.6) is 0 Å². The third-order valence-corrected chi connectivity index (χ3v) is 4.01. The van der Waals surface area contributed by atoms with Gasteiger partial charge in [0.2, 0.25) is 5.95 Å². The van der Waals surface area contributed by atoms with Gasteiger partial charge in [0, 0.05) is 31.4 Å². The van der Waals surface area contributed by atoms with Gasteiger partial charge in [0.15, 0.2) is 0 Å². The van der Waals surface area contributed by atoms with Gasteiger partial charge in [0.05, 0.1) is 0 Å². The summed E-state index contributed by atoms with van der Waals surface area (Å²) in [5.41, 5.74) is 1.05. The molecule has 0 spiro atoms. The van der Waals surface area contributed by atoms with Crippen LogP contribution in [-0.4, -0.2) is 29.6 Å². The summed E-state index contributed by atoms with van der Waals surface area (Å²) in [6.07, 6.45) is 6.22. The van der Waals surface area contributed by atoms with Crippen LogP contribution in [0.15, 0.2) is 6.07 Å². The third kappa shape index (κ3) is 4.36. The minimum absolute atomic E-state index is 0.787. The highest BCUT2D eigenvalue weighted by Crippen LogP contribution is 2.22. The summed E-state index contributed by atoms with van der Waals surface area (Å²) >= 11 is 0. The van der Waals surface area contributed by atoms with Crippen molar-refractivity contribution in [1.82, 2.24) is 9.97 Å². The number of hydrogen-bond donors (Lipinski definition) is 1. The van der Waals surface area contributed by atoms with E-state index in [2.05, 4.69) is 47.0 Å². The second-order valence-electron chi connectivity index (χ2n) is 5.99. The molecule has 4 heteroatoms. The normalized spacial score (nSPS) is 16.4. The highest BCUT2D eigenvalue weighted by molar-refractivity contribution is 5.45. The molecule has 0 aliphatic carbocycles. The van der Waals surface area contributed by atoms with Gasteiger partial charge >= 0.3 is 0 Å². The Hall–Kier alpha value is -1.32. The SMILES string of the molecule is CCCCCNc1nc(C)cc(N2CCC(C)CC2)n1. The van der Waals surface area contributed by atoms with Gasteiger partial charge in [-0.15, -0.1) is 0 Å². The van der Waals surface area contributed by atoms with Crippen LogP contribution in [-0.2, 0) is 0 Å². The molecule has 1 aromatic heterocycles. The van der Waals surface area contributed by atoms with E-state index < -0.39 is 0 Å². The Bertz CT molecular complexity index is 411. The van der Waals surface area contributed by atoms with Crippen molar-refractivity contribution in [2.24, 2.45) is 5.92 Å². The minimum Gasteiger partial charge on any atom is -0.356 e. The molecular weight excluding hydrogens is 248 g/mol. The molecule has 4 nitrogen and oxygen atoms in total. The molecule has 0 aromatic carbocycles. The molecular formula is C16H28N4. The molecule has 0 amide bonds. The summed E-state index contributed by atoms with van der Waals surface area (Å²) in [5.74, 6) is 2.72. The van der Waals surface area contributed by atoms with Gasteiger partial charge in [-0.1, -0.05) is 26.7 Å². The summed E-state index contributed by atoms with van der Waals surface area (Å²) < 4.78 is 0. The first-order valence-electron chi connectivity index (χ1n) is 8.03. The van der Waals surface area contributed by atoms with Crippen molar-refractivity contribution in [3.05, 3.63) is 11.8 Å². The van der Waals surface area contributed by atoms with Gasteiger partial charge in [-0.05, 0) is 32.1 Å². The Labute approximate surface area is 123 Å². The highest BCUT2D eigenvalue weighted by atomic mass is 15.2. The second-order valence-corrected chi connectivity index (χ2v) is 5.99. The number of nitrogens with zero attached hydrogens (tertiary/aromatic N) is 3. The molecule has 0 radical (unpaired) electrons. The van der Waals surface area contributed by atoms with Crippen molar-refractivity contribution < 1.29 is 0 Å². The summed E-state index contributed by atoms with van der Waals surface area (Å²) in [6, 6.07) is 2.10. The van der Waals surface area contributed by atoms with Crippen LogP contribution in [0.2, 0.25) is 0 Å². The average molecular weight is 276 g/mol. The molecule has 2 heterocycles. The fraction of sp³-hybridized carbons (Fsp3) is 0.750. The largest absolute Gasteiger partial charge is 0.356 e. The molecule has 20 heavy (non-hydrogen) atoms. The molecule has 1 aliphatic heterocycles. The molecule has 0 saturated carbocycles. The lowest BCUT2D eigenvalue weighted by Gasteiger charge is -2.31. The van der Waals surface area contributed by atoms with Crippen molar-refractivity contribution in [3.8, 4) is 0 Å². The Morgan fingerprint density at radius 3 is 2.70 bits per heavy atom. The average Bonchev–Trinajstić information content (AvgIpc) is 2.44. The number of unbranched alkanes of at least 4 members (excludes halogenated alkanes) is 2. The van der Waals surface area contributed by atoms with E-state index in [0.717, 1.165) is 43.0 Å². The Morgan fingerprint density at radius 2 is 2.00 bits per heavy atom. The van der Waals surface area contributed by atoms with Crippen molar-refractivity contribution in [3.63, 3.8) is 0 Å². The van der Waals surface area contributed by atoms with Crippen LogP contribution in [0, 0.1) is 12.8 Å². The number of nitrogens with one attached hydrogen (secondary N) is 1. The van der Waals surface area contributed by atoms with Crippen LogP contribution in [0.1, 0.15) is 51.6 Å². The van der Waals surface area contributed by atoms with E-state index in [1.54, 1.807) is 0 Å².